The molecule has 186 valence electrons. The van der Waals surface area contributed by atoms with Crippen LogP contribution in [0, 0.1) is 5.92 Å². The van der Waals surface area contributed by atoms with E-state index in [0.29, 0.717) is 18.1 Å². The highest BCUT2D eigenvalue weighted by atomic mass is 16.6. The van der Waals surface area contributed by atoms with Crippen molar-refractivity contribution in [3.63, 3.8) is 0 Å². The van der Waals surface area contributed by atoms with E-state index in [1.807, 2.05) is 71.0 Å². The number of carbonyl (C=O) groups excluding carboxylic acids is 2. The molecule has 1 amide bonds. The van der Waals surface area contributed by atoms with Gasteiger partial charge in [0.05, 0.1) is 19.3 Å². The van der Waals surface area contributed by atoms with Gasteiger partial charge in [-0.3, -0.25) is 4.79 Å². The van der Waals surface area contributed by atoms with E-state index >= 15 is 0 Å². The predicted molar refractivity (Wildman–Crippen MR) is 132 cm³/mol. The molecule has 3 rings (SSSR count). The molecule has 1 heterocycles. The number of carbonyl (C=O) groups is 2. The lowest BCUT2D eigenvalue weighted by Gasteiger charge is -2.19. The van der Waals surface area contributed by atoms with Crippen molar-refractivity contribution in [2.45, 2.75) is 40.2 Å². The standard InChI is InChI=1S/C26H32N4O5/c1-17(2)22(31)23-28-24(30(29-23)19-9-13-20(33-6)14-10-19)18-7-11-21(12-8-18)34-16-15-27-25(32)35-26(3,4)5/h7-14,17H,15-16H2,1-6H3,(H,27,32). The zero-order valence-electron chi connectivity index (χ0n) is 21.0. The van der Waals surface area contributed by atoms with Crippen LogP contribution in [0.3, 0.4) is 0 Å². The molecule has 35 heavy (non-hydrogen) atoms. The molecule has 9 nitrogen and oxygen atoms in total. The number of nitrogens with one attached hydrogen (secondary N) is 1. The molecule has 0 saturated carbocycles. The average Bonchev–Trinajstić information content (AvgIpc) is 3.26. The van der Waals surface area contributed by atoms with E-state index in [-0.39, 0.29) is 24.1 Å². The van der Waals surface area contributed by atoms with Gasteiger partial charge >= 0.3 is 6.09 Å². The third kappa shape index (κ3) is 7.05. The number of hydrogen-bond donors (Lipinski definition) is 1. The van der Waals surface area contributed by atoms with E-state index in [2.05, 4.69) is 15.4 Å². The van der Waals surface area contributed by atoms with Gasteiger partial charge in [-0.25, -0.2) is 14.5 Å². The van der Waals surface area contributed by atoms with Crippen LogP contribution in [0.5, 0.6) is 11.5 Å². The van der Waals surface area contributed by atoms with Crippen molar-refractivity contribution in [1.82, 2.24) is 20.1 Å². The Bertz CT molecular complexity index is 1150. The van der Waals surface area contributed by atoms with Crippen LogP contribution in [0.4, 0.5) is 4.79 Å². The third-order valence-corrected chi connectivity index (χ3v) is 4.82. The molecule has 0 fully saturated rings. The highest BCUT2D eigenvalue weighted by molar-refractivity contribution is 5.94. The van der Waals surface area contributed by atoms with E-state index in [0.717, 1.165) is 17.0 Å². The topological polar surface area (TPSA) is 105 Å². The second-order valence-electron chi connectivity index (χ2n) is 9.19. The number of hydrogen-bond acceptors (Lipinski definition) is 7. The van der Waals surface area contributed by atoms with Gasteiger partial charge in [0.1, 0.15) is 23.7 Å². The van der Waals surface area contributed by atoms with Crippen LogP contribution < -0.4 is 14.8 Å². The normalized spacial score (nSPS) is 11.3. The minimum absolute atomic E-state index is 0.129. The van der Waals surface area contributed by atoms with Crippen LogP contribution >= 0.6 is 0 Å². The maximum absolute atomic E-state index is 12.6. The van der Waals surface area contributed by atoms with E-state index in [4.69, 9.17) is 14.2 Å². The summed E-state index contributed by atoms with van der Waals surface area (Å²) in [5, 5.41) is 7.14. The van der Waals surface area contributed by atoms with Gasteiger partial charge in [0.2, 0.25) is 11.6 Å². The number of ketones is 1. The number of methoxy groups -OCH3 is 1. The first-order valence-corrected chi connectivity index (χ1v) is 11.4. The molecule has 0 aliphatic rings. The van der Waals surface area contributed by atoms with Crippen molar-refractivity contribution in [3.8, 4) is 28.6 Å². The first kappa shape index (κ1) is 25.7. The second-order valence-corrected chi connectivity index (χ2v) is 9.19. The van der Waals surface area contributed by atoms with Crippen molar-refractivity contribution < 1.29 is 23.8 Å². The van der Waals surface area contributed by atoms with Crippen LogP contribution in [0.25, 0.3) is 17.1 Å². The Morgan fingerprint density at radius 3 is 2.20 bits per heavy atom. The van der Waals surface area contributed by atoms with Crippen molar-refractivity contribution in [1.29, 1.82) is 0 Å². The van der Waals surface area contributed by atoms with Crippen LogP contribution in [0.15, 0.2) is 48.5 Å². The van der Waals surface area contributed by atoms with Gasteiger partial charge in [-0.05, 0) is 69.3 Å². The Hall–Kier alpha value is -3.88. The van der Waals surface area contributed by atoms with Gasteiger partial charge in [0.15, 0.2) is 5.82 Å². The summed E-state index contributed by atoms with van der Waals surface area (Å²) in [5.74, 6) is 1.71. The maximum atomic E-state index is 12.6. The van der Waals surface area contributed by atoms with Gasteiger partial charge in [0, 0.05) is 11.5 Å². The van der Waals surface area contributed by atoms with E-state index in [1.165, 1.54) is 0 Å². The second kappa shape index (κ2) is 11.0. The highest BCUT2D eigenvalue weighted by Gasteiger charge is 2.21. The predicted octanol–water partition coefficient (Wildman–Crippen LogP) is 4.69. The maximum Gasteiger partial charge on any atom is 0.407 e. The molecule has 9 heteroatoms. The monoisotopic (exact) mass is 480 g/mol. The first-order chi connectivity index (χ1) is 16.6. The summed E-state index contributed by atoms with van der Waals surface area (Å²) in [6, 6.07) is 14.7. The fraction of sp³-hybridized carbons (Fsp3) is 0.385. The third-order valence-electron chi connectivity index (χ3n) is 4.82. The number of aromatic nitrogens is 3. The molecule has 0 aliphatic carbocycles. The van der Waals surface area contributed by atoms with Gasteiger partial charge in [-0.15, -0.1) is 5.10 Å². The summed E-state index contributed by atoms with van der Waals surface area (Å²) in [6.45, 7) is 9.65. The van der Waals surface area contributed by atoms with Crippen LogP contribution in [0.2, 0.25) is 0 Å². The van der Waals surface area contributed by atoms with Gasteiger partial charge in [0.25, 0.3) is 0 Å². The van der Waals surface area contributed by atoms with Crippen molar-refractivity contribution in [3.05, 3.63) is 54.4 Å². The Balaban J connectivity index is 1.74. The quantitative estimate of drug-likeness (QED) is 0.350. The van der Waals surface area contributed by atoms with Gasteiger partial charge in [-0.2, -0.15) is 0 Å². The number of ether oxygens (including phenoxy) is 3. The number of alkyl carbamates (subject to hydrolysis) is 1. The molecule has 0 aliphatic heterocycles. The lowest BCUT2D eigenvalue weighted by Crippen LogP contribution is -2.34. The number of rotatable bonds is 9. The van der Waals surface area contributed by atoms with Crippen molar-refractivity contribution in [2.24, 2.45) is 5.92 Å². The molecule has 1 aromatic heterocycles. The molecule has 3 aromatic rings. The Labute approximate surface area is 205 Å². The number of nitrogens with zero attached hydrogens (tertiary/aromatic N) is 3. The lowest BCUT2D eigenvalue weighted by atomic mass is 10.1. The molecule has 0 spiro atoms. The average molecular weight is 481 g/mol. The minimum atomic E-state index is -0.549. The summed E-state index contributed by atoms with van der Waals surface area (Å²) in [7, 11) is 1.60. The van der Waals surface area contributed by atoms with Crippen LogP contribution in [-0.4, -0.2) is 52.5 Å². The number of benzene rings is 2. The SMILES string of the molecule is COc1ccc(-n2nc(C(=O)C(C)C)nc2-c2ccc(OCCNC(=O)OC(C)(C)C)cc2)cc1. The molecular formula is C26H32N4O5. The largest absolute Gasteiger partial charge is 0.497 e. The molecule has 0 unspecified atom stereocenters. The van der Waals surface area contributed by atoms with Crippen LogP contribution in [0.1, 0.15) is 45.2 Å². The summed E-state index contributed by atoms with van der Waals surface area (Å²) >= 11 is 0. The fourth-order valence-electron chi connectivity index (χ4n) is 3.10. The smallest absolute Gasteiger partial charge is 0.407 e. The molecule has 0 bridgehead atoms. The Morgan fingerprint density at radius 1 is 1.00 bits per heavy atom. The summed E-state index contributed by atoms with van der Waals surface area (Å²) < 4.78 is 17.8. The first-order valence-electron chi connectivity index (χ1n) is 11.4. The molecule has 0 radical (unpaired) electrons. The molecule has 1 N–H and O–H groups in total. The molecule has 2 aromatic carbocycles. The van der Waals surface area contributed by atoms with Crippen molar-refractivity contribution >= 4 is 11.9 Å². The molecular weight excluding hydrogens is 448 g/mol. The number of amides is 1. The van der Waals surface area contributed by atoms with Crippen LogP contribution in [-0.2, 0) is 4.74 Å². The molecule has 0 atom stereocenters. The lowest BCUT2D eigenvalue weighted by molar-refractivity contribution is 0.0520. The number of Topliss-reactive ketones (excluding diaryl/α,β-unsaturated/α-hetero) is 1. The zero-order chi connectivity index (χ0) is 25.6. The summed E-state index contributed by atoms with van der Waals surface area (Å²) in [6.07, 6.45) is -0.485. The van der Waals surface area contributed by atoms with E-state index in [9.17, 15) is 9.59 Å². The summed E-state index contributed by atoms with van der Waals surface area (Å²) in [5.41, 5.74) is 0.979. The zero-order valence-corrected chi connectivity index (χ0v) is 21.0. The van der Waals surface area contributed by atoms with E-state index in [1.54, 1.807) is 23.9 Å². The Kier molecular flexibility index (Phi) is 8.11. The van der Waals surface area contributed by atoms with Gasteiger partial charge in [-0.1, -0.05) is 13.8 Å². The van der Waals surface area contributed by atoms with Crippen molar-refractivity contribution in [2.75, 3.05) is 20.3 Å². The highest BCUT2D eigenvalue weighted by Crippen LogP contribution is 2.25. The van der Waals surface area contributed by atoms with Gasteiger partial charge < -0.3 is 19.5 Å². The minimum Gasteiger partial charge on any atom is -0.497 e. The molecule has 0 saturated heterocycles. The Morgan fingerprint density at radius 2 is 1.63 bits per heavy atom. The summed E-state index contributed by atoms with van der Waals surface area (Å²) in [4.78, 5) is 28.8. The van der Waals surface area contributed by atoms with E-state index < -0.39 is 11.7 Å². The fourth-order valence-corrected chi connectivity index (χ4v) is 3.10.